The smallest absolute Gasteiger partial charge is 0.111 e. The molecule has 0 radical (unpaired) electrons. The Bertz CT molecular complexity index is 769. The van der Waals surface area contributed by atoms with Gasteiger partial charge in [-0.25, -0.2) is 4.98 Å². The van der Waals surface area contributed by atoms with Crippen LogP contribution in [0.3, 0.4) is 0 Å². The molecule has 2 heterocycles. The van der Waals surface area contributed by atoms with Crippen molar-refractivity contribution in [3.8, 4) is 0 Å². The molecule has 0 aliphatic heterocycles. The zero-order valence-electron chi connectivity index (χ0n) is 12.2. The molecule has 1 atom stereocenters. The third-order valence-corrected chi connectivity index (χ3v) is 3.85. The zero-order valence-corrected chi connectivity index (χ0v) is 13.0. The molecule has 0 amide bonds. The molecule has 0 spiro atoms. The van der Waals surface area contributed by atoms with Crippen molar-refractivity contribution in [2.45, 2.75) is 19.4 Å². The van der Waals surface area contributed by atoms with Crippen LogP contribution in [0.1, 0.15) is 18.8 Å². The maximum Gasteiger partial charge on any atom is 0.111 e. The molecule has 0 fully saturated rings. The van der Waals surface area contributed by atoms with E-state index >= 15 is 0 Å². The average molecular weight is 304 g/mol. The summed E-state index contributed by atoms with van der Waals surface area (Å²) in [5, 5.41) is 1.12. The van der Waals surface area contributed by atoms with Gasteiger partial charge in [0, 0.05) is 24.8 Å². The first-order valence-electron chi connectivity index (χ1n) is 7.05. The second kappa shape index (κ2) is 6.00. The van der Waals surface area contributed by atoms with Crippen LogP contribution >= 0.6 is 11.6 Å². The molecule has 2 aromatic heterocycles. The number of hydrogen-bond donors (Lipinski definition) is 0. The first-order chi connectivity index (χ1) is 10.3. The van der Waals surface area contributed by atoms with Gasteiger partial charge in [0.2, 0.25) is 0 Å². The second-order valence-electron chi connectivity index (χ2n) is 5.15. The molecule has 0 saturated heterocycles. The van der Waals surface area contributed by atoms with E-state index in [1.165, 1.54) is 0 Å². The molecule has 0 N–H and O–H groups in total. The van der Waals surface area contributed by atoms with Crippen molar-refractivity contribution in [3.63, 3.8) is 0 Å². The highest BCUT2D eigenvalue weighted by atomic mass is 35.5. The van der Waals surface area contributed by atoms with Crippen LogP contribution in [-0.4, -0.2) is 34.1 Å². The highest BCUT2D eigenvalue weighted by molar-refractivity contribution is 6.18. The number of methoxy groups -OCH3 is 1. The van der Waals surface area contributed by atoms with Gasteiger partial charge in [-0.05, 0) is 13.0 Å². The molecule has 1 unspecified atom stereocenters. The molecule has 0 saturated carbocycles. The summed E-state index contributed by atoms with van der Waals surface area (Å²) in [6.07, 6.45) is 2.57. The average Bonchev–Trinajstić information content (AvgIpc) is 2.86. The van der Waals surface area contributed by atoms with Crippen LogP contribution in [0.5, 0.6) is 0 Å². The fourth-order valence-corrected chi connectivity index (χ4v) is 2.99. The van der Waals surface area contributed by atoms with Crippen LogP contribution in [-0.2, 0) is 11.2 Å². The maximum atomic E-state index is 5.94. The van der Waals surface area contributed by atoms with E-state index in [-0.39, 0.29) is 6.04 Å². The van der Waals surface area contributed by atoms with Crippen LogP contribution in [0.2, 0.25) is 0 Å². The summed E-state index contributed by atoms with van der Waals surface area (Å²) >= 11 is 5.94. The fourth-order valence-electron chi connectivity index (χ4n) is 2.82. The first kappa shape index (κ1) is 14.3. The fraction of sp³-hybridized carbons (Fsp3) is 0.375. The number of imidazole rings is 1. The van der Waals surface area contributed by atoms with Crippen LogP contribution in [0.4, 0.5) is 0 Å². The minimum atomic E-state index is 0.198. The Kier molecular flexibility index (Phi) is 4.08. The van der Waals surface area contributed by atoms with Gasteiger partial charge in [-0.1, -0.05) is 18.2 Å². The molecule has 0 aliphatic rings. The molecule has 5 heteroatoms. The number of pyridine rings is 1. The zero-order chi connectivity index (χ0) is 14.8. The molecule has 0 aliphatic carbocycles. The summed E-state index contributed by atoms with van der Waals surface area (Å²) in [4.78, 5) is 9.21. The van der Waals surface area contributed by atoms with E-state index in [9.17, 15) is 0 Å². The second-order valence-corrected chi connectivity index (χ2v) is 5.53. The lowest BCUT2D eigenvalue weighted by Crippen LogP contribution is -2.14. The van der Waals surface area contributed by atoms with Gasteiger partial charge >= 0.3 is 0 Å². The summed E-state index contributed by atoms with van der Waals surface area (Å²) in [6, 6.07) is 8.34. The summed E-state index contributed by atoms with van der Waals surface area (Å²) in [6.45, 7) is 2.77. The van der Waals surface area contributed by atoms with Crippen molar-refractivity contribution >= 4 is 33.5 Å². The quantitative estimate of drug-likeness (QED) is 0.676. The number of nitrogens with zero attached hydrogens (tertiary/aromatic N) is 3. The summed E-state index contributed by atoms with van der Waals surface area (Å²) in [5.41, 5.74) is 3.01. The molecule has 4 nitrogen and oxygen atoms in total. The van der Waals surface area contributed by atoms with Crippen molar-refractivity contribution in [1.82, 2.24) is 14.5 Å². The Morgan fingerprint density at radius 1 is 1.29 bits per heavy atom. The highest BCUT2D eigenvalue weighted by Gasteiger charge is 2.18. The summed E-state index contributed by atoms with van der Waals surface area (Å²) < 4.78 is 7.57. The van der Waals surface area contributed by atoms with Gasteiger partial charge < -0.3 is 9.30 Å². The van der Waals surface area contributed by atoms with Crippen molar-refractivity contribution in [2.75, 3.05) is 19.6 Å². The monoisotopic (exact) mass is 303 g/mol. The van der Waals surface area contributed by atoms with Crippen molar-refractivity contribution in [2.24, 2.45) is 0 Å². The normalized spacial score (nSPS) is 13.1. The minimum Gasteiger partial charge on any atom is -0.383 e. The molecule has 3 rings (SSSR count). The maximum absolute atomic E-state index is 5.94. The van der Waals surface area contributed by atoms with E-state index in [1.807, 2.05) is 24.4 Å². The lowest BCUT2D eigenvalue weighted by atomic mass is 10.2. The van der Waals surface area contributed by atoms with Crippen LogP contribution in [0.25, 0.3) is 21.9 Å². The van der Waals surface area contributed by atoms with E-state index in [1.54, 1.807) is 7.11 Å². The number of benzene rings is 1. The third-order valence-electron chi connectivity index (χ3n) is 3.66. The minimum absolute atomic E-state index is 0.198. The molecule has 0 bridgehead atoms. The Morgan fingerprint density at radius 3 is 2.86 bits per heavy atom. The third kappa shape index (κ3) is 2.49. The standard InChI is InChI=1S/C16H18ClN3O/c1-11(10-21-2)20-15(7-8-17)19-14-9-18-13-6-4-3-5-12(13)16(14)20/h3-6,9,11H,7-8,10H2,1-2H3. The number of fused-ring (bicyclic) bond motifs is 3. The predicted octanol–water partition coefficient (Wildman–Crippen LogP) is 3.57. The van der Waals surface area contributed by atoms with E-state index < -0.39 is 0 Å². The Hall–Kier alpha value is -1.65. The number of para-hydroxylation sites is 1. The summed E-state index contributed by atoms with van der Waals surface area (Å²) in [7, 11) is 1.72. The van der Waals surface area contributed by atoms with E-state index in [0.717, 1.165) is 34.2 Å². The van der Waals surface area contributed by atoms with Crippen LogP contribution in [0.15, 0.2) is 30.5 Å². The van der Waals surface area contributed by atoms with Gasteiger partial charge in [0.15, 0.2) is 0 Å². The predicted molar refractivity (Wildman–Crippen MR) is 86.0 cm³/mol. The number of rotatable bonds is 5. The van der Waals surface area contributed by atoms with Gasteiger partial charge in [0.05, 0.1) is 29.9 Å². The van der Waals surface area contributed by atoms with Gasteiger partial charge in [0.1, 0.15) is 11.3 Å². The number of halogens is 1. The number of hydrogen-bond acceptors (Lipinski definition) is 3. The van der Waals surface area contributed by atoms with Gasteiger partial charge in [-0.15, -0.1) is 11.6 Å². The van der Waals surface area contributed by atoms with Crippen LogP contribution < -0.4 is 0 Å². The van der Waals surface area contributed by atoms with Crippen molar-refractivity contribution in [3.05, 3.63) is 36.3 Å². The van der Waals surface area contributed by atoms with E-state index in [0.29, 0.717) is 12.5 Å². The Labute approximate surface area is 128 Å². The van der Waals surface area contributed by atoms with E-state index in [4.69, 9.17) is 21.3 Å². The summed E-state index contributed by atoms with van der Waals surface area (Å²) in [5.74, 6) is 1.54. The lowest BCUT2D eigenvalue weighted by molar-refractivity contribution is 0.162. The highest BCUT2D eigenvalue weighted by Crippen LogP contribution is 2.28. The number of aromatic nitrogens is 3. The number of ether oxygens (including phenoxy) is 1. The van der Waals surface area contributed by atoms with Crippen molar-refractivity contribution < 1.29 is 4.74 Å². The Morgan fingerprint density at radius 2 is 2.10 bits per heavy atom. The topological polar surface area (TPSA) is 39.9 Å². The molecular formula is C16H18ClN3O. The number of alkyl halides is 1. The lowest BCUT2D eigenvalue weighted by Gasteiger charge is -2.17. The largest absolute Gasteiger partial charge is 0.383 e. The number of aryl methyl sites for hydroxylation is 1. The van der Waals surface area contributed by atoms with Crippen LogP contribution in [0, 0.1) is 0 Å². The van der Waals surface area contributed by atoms with E-state index in [2.05, 4.69) is 22.5 Å². The van der Waals surface area contributed by atoms with Gasteiger partial charge in [-0.2, -0.15) is 0 Å². The molecule has 3 aromatic rings. The Balaban J connectivity index is 2.32. The molecule has 110 valence electrons. The van der Waals surface area contributed by atoms with Crippen molar-refractivity contribution in [1.29, 1.82) is 0 Å². The SMILES string of the molecule is COCC(C)n1c(CCCl)nc2cnc3ccccc3c21. The van der Waals surface area contributed by atoms with Gasteiger partial charge in [0.25, 0.3) is 0 Å². The molecule has 21 heavy (non-hydrogen) atoms. The molecule has 1 aromatic carbocycles. The first-order valence-corrected chi connectivity index (χ1v) is 7.59. The van der Waals surface area contributed by atoms with Gasteiger partial charge in [-0.3, -0.25) is 4.98 Å². The molecular weight excluding hydrogens is 286 g/mol.